The van der Waals surface area contributed by atoms with E-state index >= 15 is 0 Å². The number of aliphatic hydroxyl groups is 1. The molecule has 1 heteroatoms. The molecule has 0 aliphatic heterocycles. The van der Waals surface area contributed by atoms with Gasteiger partial charge in [-0.2, -0.15) is 0 Å². The second-order valence-corrected chi connectivity index (χ2v) is 6.77. The molecule has 4 aliphatic rings. The third-order valence-corrected chi connectivity index (χ3v) is 6.04. The van der Waals surface area contributed by atoms with Crippen LogP contribution in [0.1, 0.15) is 40.5 Å². The normalized spacial score (nSPS) is 52.7. The third-order valence-electron chi connectivity index (χ3n) is 6.04. The molecule has 4 bridgehead atoms. The van der Waals surface area contributed by atoms with Gasteiger partial charge in [0.2, 0.25) is 0 Å². The van der Waals surface area contributed by atoms with Crippen molar-refractivity contribution in [2.24, 2.45) is 22.7 Å². The summed E-state index contributed by atoms with van der Waals surface area (Å²) in [5, 5.41) is 11.2. The molecule has 0 amide bonds. The average molecular weight is 218 g/mol. The van der Waals surface area contributed by atoms with Crippen LogP contribution < -0.4 is 0 Å². The van der Waals surface area contributed by atoms with E-state index in [2.05, 4.69) is 45.9 Å². The van der Waals surface area contributed by atoms with Crippen LogP contribution in [0.4, 0.5) is 0 Å². The highest BCUT2D eigenvalue weighted by atomic mass is 16.3. The maximum atomic E-state index is 11.2. The molecular weight excluding hydrogens is 196 g/mol. The first kappa shape index (κ1) is 10.6. The van der Waals surface area contributed by atoms with Gasteiger partial charge in [-0.3, -0.25) is 0 Å². The van der Waals surface area contributed by atoms with Crippen LogP contribution in [0.25, 0.3) is 0 Å². The van der Waals surface area contributed by atoms with E-state index in [-0.39, 0.29) is 10.8 Å². The number of rotatable bonds is 0. The fourth-order valence-electron chi connectivity index (χ4n) is 4.56. The summed E-state index contributed by atoms with van der Waals surface area (Å²) in [6.07, 6.45) is 8.95. The van der Waals surface area contributed by atoms with Gasteiger partial charge in [0.15, 0.2) is 0 Å². The Morgan fingerprint density at radius 1 is 1.31 bits per heavy atom. The molecule has 0 aromatic heterocycles. The average Bonchev–Trinajstić information content (AvgIpc) is 2.22. The fraction of sp³-hybridized carbons (Fsp3) is 0.733. The smallest absolute Gasteiger partial charge is 0.0831 e. The highest BCUT2D eigenvalue weighted by molar-refractivity contribution is 5.36. The Morgan fingerprint density at radius 2 is 2.00 bits per heavy atom. The van der Waals surface area contributed by atoms with Gasteiger partial charge in [0.1, 0.15) is 0 Å². The summed E-state index contributed by atoms with van der Waals surface area (Å²) in [6.45, 7) is 8.97. The second-order valence-electron chi connectivity index (χ2n) is 6.77. The van der Waals surface area contributed by atoms with Gasteiger partial charge in [-0.05, 0) is 31.6 Å². The highest BCUT2D eigenvalue weighted by Crippen LogP contribution is 2.67. The molecule has 4 unspecified atom stereocenters. The summed E-state index contributed by atoms with van der Waals surface area (Å²) in [6, 6.07) is 0. The standard InChI is InChI=1S/C15H22O/c1-10-5-8-15(16)13(2,3)11-6-7-14(15,4)12(10)9-11/h5-7,11-12,16H,8-9H2,1-4H3. The molecule has 0 heterocycles. The monoisotopic (exact) mass is 218 g/mol. The summed E-state index contributed by atoms with van der Waals surface area (Å²) in [5.41, 5.74) is 0.882. The summed E-state index contributed by atoms with van der Waals surface area (Å²) in [5.74, 6) is 1.09. The first-order valence-electron chi connectivity index (χ1n) is 6.41. The van der Waals surface area contributed by atoms with E-state index in [0.29, 0.717) is 11.8 Å². The Hall–Kier alpha value is -0.560. The van der Waals surface area contributed by atoms with Crippen LogP contribution in [0.3, 0.4) is 0 Å². The molecule has 1 N–H and O–H groups in total. The maximum absolute atomic E-state index is 11.2. The molecule has 1 saturated carbocycles. The maximum Gasteiger partial charge on any atom is 0.0831 e. The predicted molar refractivity (Wildman–Crippen MR) is 65.9 cm³/mol. The number of hydrogen-bond acceptors (Lipinski definition) is 1. The first-order valence-corrected chi connectivity index (χ1v) is 6.41. The van der Waals surface area contributed by atoms with Crippen LogP contribution in [-0.4, -0.2) is 10.7 Å². The summed E-state index contributed by atoms with van der Waals surface area (Å²) < 4.78 is 0. The zero-order valence-corrected chi connectivity index (χ0v) is 10.7. The van der Waals surface area contributed by atoms with Crippen LogP contribution in [0.5, 0.6) is 0 Å². The van der Waals surface area contributed by atoms with Gasteiger partial charge in [0.05, 0.1) is 5.60 Å². The lowest BCUT2D eigenvalue weighted by molar-refractivity contribution is -0.210. The van der Waals surface area contributed by atoms with Gasteiger partial charge >= 0.3 is 0 Å². The summed E-state index contributed by atoms with van der Waals surface area (Å²) >= 11 is 0. The lowest BCUT2D eigenvalue weighted by Crippen LogP contribution is -2.68. The zero-order valence-electron chi connectivity index (χ0n) is 10.7. The quantitative estimate of drug-likeness (QED) is 0.618. The number of hydrogen-bond donors (Lipinski definition) is 1. The molecule has 0 saturated heterocycles. The Bertz CT molecular complexity index is 404. The van der Waals surface area contributed by atoms with Gasteiger partial charge in [-0.15, -0.1) is 0 Å². The van der Waals surface area contributed by atoms with E-state index in [1.165, 1.54) is 12.0 Å². The van der Waals surface area contributed by atoms with E-state index in [1.54, 1.807) is 0 Å². The highest BCUT2D eigenvalue weighted by Gasteiger charge is 2.66. The SMILES string of the molecule is CC1=CCC2(O)C(C)(C)C3C=CC2(C)C1C3. The van der Waals surface area contributed by atoms with E-state index < -0.39 is 5.60 Å². The van der Waals surface area contributed by atoms with Crippen LogP contribution in [0, 0.1) is 22.7 Å². The molecule has 1 nitrogen and oxygen atoms in total. The zero-order chi connectivity index (χ0) is 11.8. The van der Waals surface area contributed by atoms with E-state index in [4.69, 9.17) is 0 Å². The molecule has 0 spiro atoms. The predicted octanol–water partition coefficient (Wildman–Crippen LogP) is 3.31. The van der Waals surface area contributed by atoms with Crippen LogP contribution in [-0.2, 0) is 0 Å². The lowest BCUT2D eigenvalue weighted by atomic mass is 9.39. The van der Waals surface area contributed by atoms with Gasteiger partial charge in [-0.1, -0.05) is 44.6 Å². The minimum absolute atomic E-state index is 0.00417. The Morgan fingerprint density at radius 3 is 2.69 bits per heavy atom. The largest absolute Gasteiger partial charge is 0.388 e. The van der Waals surface area contributed by atoms with Crippen molar-refractivity contribution in [1.29, 1.82) is 0 Å². The summed E-state index contributed by atoms with van der Waals surface area (Å²) in [7, 11) is 0. The van der Waals surface area contributed by atoms with Crippen molar-refractivity contribution in [1.82, 2.24) is 0 Å². The molecule has 16 heavy (non-hydrogen) atoms. The van der Waals surface area contributed by atoms with Crippen molar-refractivity contribution >= 4 is 0 Å². The van der Waals surface area contributed by atoms with Crippen LogP contribution in [0.15, 0.2) is 23.8 Å². The number of allylic oxidation sites excluding steroid dienone is 2. The third kappa shape index (κ3) is 0.851. The molecule has 88 valence electrons. The first-order chi connectivity index (χ1) is 7.33. The Kier molecular flexibility index (Phi) is 1.75. The van der Waals surface area contributed by atoms with Crippen molar-refractivity contribution in [3.05, 3.63) is 23.8 Å². The Balaban J connectivity index is 2.26. The van der Waals surface area contributed by atoms with Crippen molar-refractivity contribution in [3.63, 3.8) is 0 Å². The van der Waals surface area contributed by atoms with Gasteiger partial charge < -0.3 is 5.11 Å². The minimum Gasteiger partial charge on any atom is -0.388 e. The molecule has 4 aliphatic carbocycles. The van der Waals surface area contributed by atoms with Crippen LogP contribution >= 0.6 is 0 Å². The Labute approximate surface area is 98.2 Å². The summed E-state index contributed by atoms with van der Waals surface area (Å²) in [4.78, 5) is 0. The molecule has 0 aromatic rings. The lowest BCUT2D eigenvalue weighted by Gasteiger charge is -2.67. The van der Waals surface area contributed by atoms with E-state index in [9.17, 15) is 5.11 Å². The van der Waals surface area contributed by atoms with Crippen molar-refractivity contribution < 1.29 is 5.11 Å². The molecular formula is C15H22O. The molecule has 0 aromatic carbocycles. The van der Waals surface area contributed by atoms with Crippen molar-refractivity contribution in [2.45, 2.75) is 46.1 Å². The molecule has 4 atom stereocenters. The minimum atomic E-state index is -0.554. The van der Waals surface area contributed by atoms with E-state index in [1.807, 2.05) is 0 Å². The molecule has 1 fully saturated rings. The molecule has 0 radical (unpaired) electrons. The van der Waals surface area contributed by atoms with Crippen molar-refractivity contribution in [2.75, 3.05) is 0 Å². The van der Waals surface area contributed by atoms with E-state index in [0.717, 1.165) is 6.42 Å². The topological polar surface area (TPSA) is 20.2 Å². The fourth-order valence-corrected chi connectivity index (χ4v) is 4.56. The van der Waals surface area contributed by atoms with Crippen molar-refractivity contribution in [3.8, 4) is 0 Å². The van der Waals surface area contributed by atoms with Crippen LogP contribution in [0.2, 0.25) is 0 Å². The second kappa shape index (κ2) is 2.64. The van der Waals surface area contributed by atoms with Gasteiger partial charge in [-0.25, -0.2) is 0 Å². The van der Waals surface area contributed by atoms with Gasteiger partial charge in [0, 0.05) is 10.8 Å². The molecule has 4 rings (SSSR count). The van der Waals surface area contributed by atoms with Gasteiger partial charge in [0.25, 0.3) is 0 Å².